The molecule has 0 N–H and O–H groups in total. The van der Waals surface area contributed by atoms with Crippen molar-refractivity contribution in [2.45, 2.75) is 57.0 Å². The van der Waals surface area contributed by atoms with Gasteiger partial charge < -0.3 is 18.9 Å². The molecular weight excluding hydrogens is 524 g/mol. The maximum atomic E-state index is 13.4. The smallest absolute Gasteiger partial charge is 0.347 e. The van der Waals surface area contributed by atoms with Crippen molar-refractivity contribution in [3.05, 3.63) is 120 Å². The molecule has 0 bridgehead atoms. The van der Waals surface area contributed by atoms with Crippen molar-refractivity contribution in [3.8, 4) is 0 Å². The first-order valence-corrected chi connectivity index (χ1v) is 13.6. The van der Waals surface area contributed by atoms with E-state index in [1.165, 1.54) is 0 Å². The molecule has 1 aliphatic heterocycles. The molecule has 0 aliphatic carbocycles. The highest BCUT2D eigenvalue weighted by molar-refractivity contribution is 5.92. The predicted molar refractivity (Wildman–Crippen MR) is 150 cm³/mol. The topological polar surface area (TPSA) is 105 Å². The van der Waals surface area contributed by atoms with Crippen LogP contribution >= 0.6 is 0 Å². The Morgan fingerprint density at radius 2 is 1.22 bits per heavy atom. The molecular formula is C33H32O8. The summed E-state index contributed by atoms with van der Waals surface area (Å²) in [5, 5.41) is 0. The molecule has 3 aromatic rings. The molecule has 4 rings (SSSR count). The highest BCUT2D eigenvalue weighted by atomic mass is 16.6. The maximum absolute atomic E-state index is 13.4. The molecule has 0 spiro atoms. The monoisotopic (exact) mass is 556 g/mol. The number of benzene rings is 3. The average molecular weight is 557 g/mol. The van der Waals surface area contributed by atoms with Gasteiger partial charge in [-0.25, -0.2) is 19.2 Å². The Morgan fingerprint density at radius 3 is 1.73 bits per heavy atom. The zero-order chi connectivity index (χ0) is 29.0. The molecule has 0 fully saturated rings. The number of esters is 4. The van der Waals surface area contributed by atoms with Gasteiger partial charge in [0.1, 0.15) is 6.10 Å². The summed E-state index contributed by atoms with van der Waals surface area (Å²) in [5.74, 6) is -2.69. The molecule has 0 saturated heterocycles. The maximum Gasteiger partial charge on any atom is 0.347 e. The summed E-state index contributed by atoms with van der Waals surface area (Å²) in [6.45, 7) is 1.89. The van der Waals surface area contributed by atoms with Crippen LogP contribution in [-0.4, -0.2) is 48.3 Å². The third-order valence-corrected chi connectivity index (χ3v) is 6.48. The lowest BCUT2D eigenvalue weighted by Gasteiger charge is -2.32. The first-order chi connectivity index (χ1) is 20.0. The first-order valence-electron chi connectivity index (χ1n) is 13.6. The molecule has 0 radical (unpaired) electrons. The molecule has 1 heterocycles. The number of hydrogen-bond donors (Lipinski definition) is 0. The molecule has 0 saturated carbocycles. The van der Waals surface area contributed by atoms with Crippen LogP contribution in [0.1, 0.15) is 63.7 Å². The van der Waals surface area contributed by atoms with E-state index in [0.717, 1.165) is 0 Å². The van der Waals surface area contributed by atoms with Gasteiger partial charge in [0.15, 0.2) is 18.3 Å². The van der Waals surface area contributed by atoms with E-state index in [1.807, 2.05) is 6.92 Å². The second-order valence-corrected chi connectivity index (χ2v) is 9.50. The molecule has 8 heteroatoms. The minimum absolute atomic E-state index is 0.153. The van der Waals surface area contributed by atoms with Gasteiger partial charge in [0.25, 0.3) is 0 Å². The highest BCUT2D eigenvalue weighted by Gasteiger charge is 2.39. The van der Waals surface area contributed by atoms with E-state index >= 15 is 0 Å². The number of cyclic esters (lactones) is 1. The Bertz CT molecular complexity index is 1340. The number of ether oxygens (including phenoxy) is 4. The van der Waals surface area contributed by atoms with Crippen molar-refractivity contribution < 1.29 is 38.1 Å². The van der Waals surface area contributed by atoms with Gasteiger partial charge in [0.05, 0.1) is 16.7 Å². The summed E-state index contributed by atoms with van der Waals surface area (Å²) in [5.41, 5.74) is 0.918. The van der Waals surface area contributed by atoms with Gasteiger partial charge >= 0.3 is 23.9 Å². The number of rotatable bonds is 8. The Balaban J connectivity index is 1.63. The lowest BCUT2D eigenvalue weighted by molar-refractivity contribution is -0.170. The van der Waals surface area contributed by atoms with Crippen molar-refractivity contribution >= 4 is 23.9 Å². The second kappa shape index (κ2) is 14.6. The van der Waals surface area contributed by atoms with Crippen molar-refractivity contribution in [3.63, 3.8) is 0 Å². The largest absolute Gasteiger partial charge is 0.456 e. The first kappa shape index (κ1) is 29.3. The normalized spacial score (nSPS) is 21.5. The summed E-state index contributed by atoms with van der Waals surface area (Å²) >= 11 is 0. The third-order valence-electron chi connectivity index (χ3n) is 6.48. The molecule has 3 aromatic carbocycles. The lowest BCUT2D eigenvalue weighted by atomic mass is 10.0. The van der Waals surface area contributed by atoms with Crippen LogP contribution < -0.4 is 0 Å². The van der Waals surface area contributed by atoms with E-state index in [-0.39, 0.29) is 12.0 Å². The van der Waals surface area contributed by atoms with Crippen LogP contribution in [0.15, 0.2) is 103 Å². The van der Waals surface area contributed by atoms with Gasteiger partial charge in [-0.15, -0.1) is 0 Å². The summed E-state index contributed by atoms with van der Waals surface area (Å²) in [7, 11) is 0. The Labute approximate surface area is 238 Å². The lowest BCUT2D eigenvalue weighted by Crippen LogP contribution is -2.46. The molecule has 4 unspecified atom stereocenters. The summed E-state index contributed by atoms with van der Waals surface area (Å²) < 4.78 is 23.2. The van der Waals surface area contributed by atoms with E-state index in [0.29, 0.717) is 30.4 Å². The zero-order valence-electron chi connectivity index (χ0n) is 22.7. The van der Waals surface area contributed by atoms with Crippen LogP contribution in [0, 0.1) is 0 Å². The summed E-state index contributed by atoms with van der Waals surface area (Å²) in [6.07, 6.45) is 0.274. The minimum atomic E-state index is -1.18. The zero-order valence-corrected chi connectivity index (χ0v) is 22.7. The van der Waals surface area contributed by atoms with E-state index < -0.39 is 48.3 Å². The standard InChI is InChI=1S/C33H32O8/c1-2-14-26-29(41-32(36)25-19-10-5-11-20-25)27(38-30(34)23-15-6-3-7-16-23)21-12-13-22-28(33(37)39-26)40-31(35)24-17-8-4-9-18-24/h3-12,15-21,26-29H,2,13-14,22H2,1H3/b21-12+. The van der Waals surface area contributed by atoms with Crippen LogP contribution in [-0.2, 0) is 23.7 Å². The SMILES string of the molecule is CCCC1OC(=O)C(OC(=O)c2ccccc2)CC/C=C/C(OC(=O)c2ccccc2)C1OC(=O)c1ccccc1. The van der Waals surface area contributed by atoms with Gasteiger partial charge in [-0.1, -0.05) is 74.0 Å². The van der Waals surface area contributed by atoms with Crippen molar-refractivity contribution in [1.82, 2.24) is 0 Å². The number of carbonyl (C=O) groups excluding carboxylic acids is 4. The van der Waals surface area contributed by atoms with Crippen molar-refractivity contribution in [2.24, 2.45) is 0 Å². The fourth-order valence-corrected chi connectivity index (χ4v) is 4.38. The van der Waals surface area contributed by atoms with Crippen LogP contribution in [0.3, 0.4) is 0 Å². The molecule has 4 atom stereocenters. The van der Waals surface area contributed by atoms with Crippen molar-refractivity contribution in [1.29, 1.82) is 0 Å². The van der Waals surface area contributed by atoms with Gasteiger partial charge in [-0.05, 0) is 61.7 Å². The average Bonchev–Trinajstić information content (AvgIpc) is 3.01. The molecule has 0 aromatic heterocycles. The van der Waals surface area contributed by atoms with Gasteiger partial charge in [-0.3, -0.25) is 0 Å². The molecule has 1 aliphatic rings. The van der Waals surface area contributed by atoms with Crippen LogP contribution in [0.4, 0.5) is 0 Å². The third kappa shape index (κ3) is 8.14. The number of carbonyl (C=O) groups is 4. The Morgan fingerprint density at radius 1 is 0.732 bits per heavy atom. The van der Waals surface area contributed by atoms with E-state index in [4.69, 9.17) is 18.9 Å². The molecule has 41 heavy (non-hydrogen) atoms. The minimum Gasteiger partial charge on any atom is -0.456 e. The van der Waals surface area contributed by atoms with Gasteiger partial charge in [0.2, 0.25) is 0 Å². The molecule has 212 valence electrons. The number of allylic oxidation sites excluding steroid dienone is 1. The van der Waals surface area contributed by atoms with Gasteiger partial charge in [-0.2, -0.15) is 0 Å². The molecule has 0 amide bonds. The number of hydrogen-bond acceptors (Lipinski definition) is 8. The predicted octanol–water partition coefficient (Wildman–Crippen LogP) is 5.73. The Kier molecular flexibility index (Phi) is 10.4. The molecule has 8 nitrogen and oxygen atoms in total. The Hall–Kier alpha value is -4.72. The second-order valence-electron chi connectivity index (χ2n) is 9.50. The summed E-state index contributed by atoms with van der Waals surface area (Å²) in [4.78, 5) is 52.3. The fourth-order valence-electron chi connectivity index (χ4n) is 4.38. The van der Waals surface area contributed by atoms with E-state index in [2.05, 4.69) is 0 Å². The highest BCUT2D eigenvalue weighted by Crippen LogP contribution is 2.24. The van der Waals surface area contributed by atoms with Crippen LogP contribution in [0.2, 0.25) is 0 Å². The van der Waals surface area contributed by atoms with Crippen molar-refractivity contribution in [2.75, 3.05) is 0 Å². The van der Waals surface area contributed by atoms with Gasteiger partial charge in [0, 0.05) is 0 Å². The van der Waals surface area contributed by atoms with Crippen LogP contribution in [0.25, 0.3) is 0 Å². The quantitative estimate of drug-likeness (QED) is 0.197. The summed E-state index contributed by atoms with van der Waals surface area (Å²) in [6, 6.07) is 25.2. The van der Waals surface area contributed by atoms with Crippen LogP contribution in [0.5, 0.6) is 0 Å². The fraction of sp³-hybridized carbons (Fsp3) is 0.273. The van der Waals surface area contributed by atoms with E-state index in [1.54, 1.807) is 103 Å². The van der Waals surface area contributed by atoms with E-state index in [9.17, 15) is 19.2 Å².